The second kappa shape index (κ2) is 6.67. The Bertz CT molecular complexity index is 520. The van der Waals surface area contributed by atoms with Crippen molar-refractivity contribution in [1.82, 2.24) is 10.2 Å². The zero-order chi connectivity index (χ0) is 15.5. The standard InChI is InChI=1S/C17H24N2O3/c1-22-16-5-3-2-4-12(16)10-18-17(21)11-19-13-6-7-14(19)9-15(20)8-13/h2-5,13-15,20H,6-11H2,1H3,(H,18,21)/t13-,14+,15?. The van der Waals surface area contributed by atoms with Crippen LogP contribution in [0.1, 0.15) is 31.2 Å². The summed E-state index contributed by atoms with van der Waals surface area (Å²) in [4.78, 5) is 14.5. The Morgan fingerprint density at radius 1 is 1.32 bits per heavy atom. The van der Waals surface area contributed by atoms with Gasteiger partial charge in [0, 0.05) is 24.2 Å². The first kappa shape index (κ1) is 15.3. The normalized spacial score (nSPS) is 27.6. The number of methoxy groups -OCH3 is 1. The van der Waals surface area contributed by atoms with E-state index >= 15 is 0 Å². The lowest BCUT2D eigenvalue weighted by molar-refractivity contribution is -0.124. The topological polar surface area (TPSA) is 61.8 Å². The van der Waals surface area contributed by atoms with Crippen LogP contribution in [-0.4, -0.2) is 47.8 Å². The maximum absolute atomic E-state index is 12.2. The number of carbonyl (C=O) groups excluding carboxylic acids is 1. The Hall–Kier alpha value is -1.59. The third-order valence-corrected chi connectivity index (χ3v) is 4.85. The number of fused-ring (bicyclic) bond motifs is 2. The lowest BCUT2D eigenvalue weighted by Crippen LogP contribution is -2.48. The molecule has 22 heavy (non-hydrogen) atoms. The van der Waals surface area contributed by atoms with Gasteiger partial charge in [-0.1, -0.05) is 18.2 Å². The highest BCUT2D eigenvalue weighted by atomic mass is 16.5. The summed E-state index contributed by atoms with van der Waals surface area (Å²) < 4.78 is 5.29. The number of nitrogens with one attached hydrogen (secondary N) is 1. The van der Waals surface area contributed by atoms with Crippen LogP contribution in [-0.2, 0) is 11.3 Å². The first-order valence-electron chi connectivity index (χ1n) is 7.99. The van der Waals surface area contributed by atoms with E-state index in [1.807, 2.05) is 24.3 Å². The molecule has 2 saturated heterocycles. The number of hydrogen-bond acceptors (Lipinski definition) is 4. The Morgan fingerprint density at radius 2 is 2.00 bits per heavy atom. The van der Waals surface area contributed by atoms with Crippen LogP contribution in [0.5, 0.6) is 5.75 Å². The zero-order valence-corrected chi connectivity index (χ0v) is 13.0. The van der Waals surface area contributed by atoms with E-state index in [1.165, 1.54) is 0 Å². The maximum Gasteiger partial charge on any atom is 0.234 e. The van der Waals surface area contributed by atoms with E-state index in [0.717, 1.165) is 37.0 Å². The largest absolute Gasteiger partial charge is 0.496 e. The second-order valence-corrected chi connectivity index (χ2v) is 6.27. The van der Waals surface area contributed by atoms with Crippen molar-refractivity contribution in [3.63, 3.8) is 0 Å². The van der Waals surface area contributed by atoms with Gasteiger partial charge in [-0.05, 0) is 31.7 Å². The van der Waals surface area contributed by atoms with Crippen molar-refractivity contribution >= 4 is 5.91 Å². The Morgan fingerprint density at radius 3 is 2.68 bits per heavy atom. The summed E-state index contributed by atoms with van der Waals surface area (Å²) in [5.41, 5.74) is 0.982. The van der Waals surface area contributed by atoms with Crippen LogP contribution < -0.4 is 10.1 Å². The summed E-state index contributed by atoms with van der Waals surface area (Å²) in [7, 11) is 1.64. The number of benzene rings is 1. The van der Waals surface area contributed by atoms with Crippen LogP contribution >= 0.6 is 0 Å². The van der Waals surface area contributed by atoms with E-state index in [-0.39, 0.29) is 12.0 Å². The van der Waals surface area contributed by atoms with E-state index in [2.05, 4.69) is 10.2 Å². The fraction of sp³-hybridized carbons (Fsp3) is 0.588. The van der Waals surface area contributed by atoms with Gasteiger partial charge >= 0.3 is 0 Å². The highest BCUT2D eigenvalue weighted by molar-refractivity contribution is 5.78. The average Bonchev–Trinajstić information content (AvgIpc) is 2.76. The molecule has 0 aliphatic carbocycles. The molecule has 0 aromatic heterocycles. The third kappa shape index (κ3) is 3.25. The monoisotopic (exact) mass is 304 g/mol. The molecule has 1 aromatic carbocycles. The van der Waals surface area contributed by atoms with Crippen molar-refractivity contribution in [2.75, 3.05) is 13.7 Å². The lowest BCUT2D eigenvalue weighted by atomic mass is 10.00. The van der Waals surface area contributed by atoms with Crippen LogP contribution in [0.4, 0.5) is 0 Å². The molecule has 3 rings (SSSR count). The number of rotatable bonds is 5. The van der Waals surface area contributed by atoms with E-state index in [9.17, 15) is 9.90 Å². The van der Waals surface area contributed by atoms with Gasteiger partial charge in [0.2, 0.25) is 5.91 Å². The number of ether oxygens (including phenoxy) is 1. The first-order chi connectivity index (χ1) is 10.7. The highest BCUT2D eigenvalue weighted by Gasteiger charge is 2.40. The molecule has 1 unspecified atom stereocenters. The van der Waals surface area contributed by atoms with Gasteiger partial charge in [0.25, 0.3) is 0 Å². The molecule has 0 saturated carbocycles. The zero-order valence-electron chi connectivity index (χ0n) is 13.0. The fourth-order valence-electron chi connectivity index (χ4n) is 3.77. The van der Waals surface area contributed by atoms with Gasteiger partial charge in [0.1, 0.15) is 5.75 Å². The maximum atomic E-state index is 12.2. The summed E-state index contributed by atoms with van der Waals surface area (Å²) in [6, 6.07) is 8.45. The van der Waals surface area contributed by atoms with Crippen LogP contribution in [0, 0.1) is 0 Å². The number of aliphatic hydroxyl groups excluding tert-OH is 1. The highest BCUT2D eigenvalue weighted by Crippen LogP contribution is 2.35. The molecule has 120 valence electrons. The van der Waals surface area contributed by atoms with E-state index in [1.54, 1.807) is 7.11 Å². The molecule has 0 radical (unpaired) electrons. The van der Waals surface area contributed by atoms with Crippen molar-refractivity contribution in [3.05, 3.63) is 29.8 Å². The predicted octanol–water partition coefficient (Wildman–Crippen LogP) is 1.30. The predicted molar refractivity (Wildman–Crippen MR) is 83.6 cm³/mol. The molecule has 2 N–H and O–H groups in total. The molecule has 2 fully saturated rings. The number of piperidine rings is 1. The van der Waals surface area contributed by atoms with Crippen molar-refractivity contribution in [2.24, 2.45) is 0 Å². The quantitative estimate of drug-likeness (QED) is 0.861. The summed E-state index contributed by atoms with van der Waals surface area (Å²) in [5.74, 6) is 0.836. The van der Waals surface area contributed by atoms with Crippen LogP contribution in [0.2, 0.25) is 0 Å². The van der Waals surface area contributed by atoms with E-state index < -0.39 is 0 Å². The Balaban J connectivity index is 1.53. The molecule has 0 spiro atoms. The van der Waals surface area contributed by atoms with Crippen molar-refractivity contribution in [3.8, 4) is 5.75 Å². The summed E-state index contributed by atoms with van der Waals surface area (Å²) >= 11 is 0. The van der Waals surface area contributed by atoms with Gasteiger partial charge < -0.3 is 15.2 Å². The number of para-hydroxylation sites is 1. The molecular weight excluding hydrogens is 280 g/mol. The molecule has 5 heteroatoms. The molecule has 2 heterocycles. The van der Waals surface area contributed by atoms with Gasteiger partial charge in [0.05, 0.1) is 19.8 Å². The number of amides is 1. The average molecular weight is 304 g/mol. The van der Waals surface area contributed by atoms with Gasteiger partial charge in [-0.15, -0.1) is 0 Å². The number of aliphatic hydroxyl groups is 1. The Kier molecular flexibility index (Phi) is 4.64. The smallest absolute Gasteiger partial charge is 0.234 e. The number of carbonyl (C=O) groups is 1. The van der Waals surface area contributed by atoms with Crippen molar-refractivity contribution < 1.29 is 14.6 Å². The van der Waals surface area contributed by atoms with Gasteiger partial charge in [-0.25, -0.2) is 0 Å². The lowest BCUT2D eigenvalue weighted by Gasteiger charge is -2.36. The minimum Gasteiger partial charge on any atom is -0.496 e. The first-order valence-corrected chi connectivity index (χ1v) is 7.99. The second-order valence-electron chi connectivity index (χ2n) is 6.27. The fourth-order valence-corrected chi connectivity index (χ4v) is 3.77. The van der Waals surface area contributed by atoms with E-state index in [0.29, 0.717) is 25.2 Å². The summed E-state index contributed by atoms with van der Waals surface area (Å²) in [6.45, 7) is 0.909. The van der Waals surface area contributed by atoms with Gasteiger partial charge in [-0.2, -0.15) is 0 Å². The number of nitrogens with zero attached hydrogens (tertiary/aromatic N) is 1. The molecule has 1 aromatic rings. The van der Waals surface area contributed by atoms with Crippen LogP contribution in [0.25, 0.3) is 0 Å². The minimum absolute atomic E-state index is 0.0409. The SMILES string of the molecule is COc1ccccc1CNC(=O)CN1[C@@H]2CC[C@H]1CC(O)C2. The summed E-state index contributed by atoms with van der Waals surface area (Å²) in [6.07, 6.45) is 3.61. The molecule has 2 aliphatic heterocycles. The molecule has 5 nitrogen and oxygen atoms in total. The summed E-state index contributed by atoms with van der Waals surface area (Å²) in [5, 5.41) is 12.8. The minimum atomic E-state index is -0.189. The number of hydrogen-bond donors (Lipinski definition) is 2. The van der Waals surface area contributed by atoms with Gasteiger partial charge in [0.15, 0.2) is 0 Å². The van der Waals surface area contributed by atoms with Crippen LogP contribution in [0.3, 0.4) is 0 Å². The molecule has 3 atom stereocenters. The molecule has 2 bridgehead atoms. The van der Waals surface area contributed by atoms with Crippen LogP contribution in [0.15, 0.2) is 24.3 Å². The molecule has 1 amide bonds. The van der Waals surface area contributed by atoms with Crippen molar-refractivity contribution in [1.29, 1.82) is 0 Å². The molecular formula is C17H24N2O3. The molecule has 2 aliphatic rings. The van der Waals surface area contributed by atoms with E-state index in [4.69, 9.17) is 4.74 Å². The third-order valence-electron chi connectivity index (χ3n) is 4.85. The Labute approximate surface area is 131 Å². The van der Waals surface area contributed by atoms with Gasteiger partial charge in [-0.3, -0.25) is 9.69 Å². The van der Waals surface area contributed by atoms with Crippen molar-refractivity contribution in [2.45, 2.75) is 50.4 Å².